The molecule has 2 aromatic carbocycles. The van der Waals surface area contributed by atoms with Crippen molar-refractivity contribution in [3.63, 3.8) is 0 Å². The van der Waals surface area contributed by atoms with Gasteiger partial charge in [0.05, 0.1) is 16.7 Å². The summed E-state index contributed by atoms with van der Waals surface area (Å²) in [6.45, 7) is 0. The third-order valence-corrected chi connectivity index (χ3v) is 3.70. The summed E-state index contributed by atoms with van der Waals surface area (Å²) >= 11 is 1.71. The largest absolute Gasteiger partial charge is 0.369 e. The number of aromatic nitrogens is 2. The molecule has 18 heavy (non-hydrogen) atoms. The second-order valence-corrected chi connectivity index (χ2v) is 4.81. The van der Waals surface area contributed by atoms with Gasteiger partial charge in [-0.2, -0.15) is 0 Å². The first kappa shape index (κ1) is 11.2. The Hall–Kier alpha value is -1.94. The molecule has 3 nitrogen and oxygen atoms in total. The number of rotatable bonds is 2. The number of nitrogen functional groups attached to an aromatic ring is 1. The number of benzene rings is 2. The highest BCUT2D eigenvalue weighted by Gasteiger charge is 2.11. The first-order chi connectivity index (χ1) is 8.81. The van der Waals surface area contributed by atoms with Gasteiger partial charge in [0.1, 0.15) is 0 Å². The molecule has 0 bridgehead atoms. The molecule has 0 aliphatic carbocycles. The number of para-hydroxylation sites is 3. The van der Waals surface area contributed by atoms with Crippen LogP contribution < -0.4 is 5.73 Å². The highest BCUT2D eigenvalue weighted by Crippen LogP contribution is 2.29. The van der Waals surface area contributed by atoms with Crippen LogP contribution in [-0.2, 0) is 0 Å². The lowest BCUT2D eigenvalue weighted by atomic mass is 10.3. The van der Waals surface area contributed by atoms with Crippen LogP contribution in [0.4, 0.5) is 5.95 Å². The molecule has 90 valence electrons. The quantitative estimate of drug-likeness (QED) is 0.714. The van der Waals surface area contributed by atoms with E-state index in [0.29, 0.717) is 5.95 Å². The molecule has 0 radical (unpaired) electrons. The van der Waals surface area contributed by atoms with Gasteiger partial charge in [0, 0.05) is 4.90 Å². The zero-order chi connectivity index (χ0) is 12.5. The van der Waals surface area contributed by atoms with Gasteiger partial charge < -0.3 is 5.73 Å². The van der Waals surface area contributed by atoms with Crippen LogP contribution in [0, 0.1) is 0 Å². The number of fused-ring (bicyclic) bond motifs is 1. The lowest BCUT2D eigenvalue weighted by Crippen LogP contribution is -2.01. The van der Waals surface area contributed by atoms with Gasteiger partial charge in [-0.3, -0.25) is 4.57 Å². The predicted octanol–water partition coefficient (Wildman–Crippen LogP) is 3.33. The Morgan fingerprint density at radius 1 is 1.06 bits per heavy atom. The normalized spacial score (nSPS) is 10.9. The van der Waals surface area contributed by atoms with E-state index in [9.17, 15) is 0 Å². The van der Waals surface area contributed by atoms with E-state index in [-0.39, 0.29) is 0 Å². The number of hydrogen-bond acceptors (Lipinski definition) is 3. The predicted molar refractivity (Wildman–Crippen MR) is 77.3 cm³/mol. The molecule has 0 saturated carbocycles. The number of imidazole rings is 1. The monoisotopic (exact) mass is 255 g/mol. The van der Waals surface area contributed by atoms with E-state index in [1.165, 1.54) is 4.90 Å². The second-order valence-electron chi connectivity index (χ2n) is 3.97. The van der Waals surface area contributed by atoms with Crippen molar-refractivity contribution in [3.8, 4) is 5.69 Å². The summed E-state index contributed by atoms with van der Waals surface area (Å²) in [5, 5.41) is 0. The lowest BCUT2D eigenvalue weighted by molar-refractivity contribution is 1.07. The van der Waals surface area contributed by atoms with Crippen molar-refractivity contribution in [1.29, 1.82) is 0 Å². The molecular weight excluding hydrogens is 242 g/mol. The highest BCUT2D eigenvalue weighted by atomic mass is 32.2. The third-order valence-electron chi connectivity index (χ3n) is 2.91. The number of hydrogen-bond donors (Lipinski definition) is 1. The maximum Gasteiger partial charge on any atom is 0.205 e. The van der Waals surface area contributed by atoms with Gasteiger partial charge in [-0.1, -0.05) is 24.3 Å². The van der Waals surface area contributed by atoms with Crippen molar-refractivity contribution < 1.29 is 0 Å². The maximum absolute atomic E-state index is 6.05. The number of nitrogens with two attached hydrogens (primary N) is 1. The highest BCUT2D eigenvalue weighted by molar-refractivity contribution is 7.98. The zero-order valence-electron chi connectivity index (χ0n) is 10.00. The summed E-state index contributed by atoms with van der Waals surface area (Å²) in [6.07, 6.45) is 2.06. The van der Waals surface area contributed by atoms with Crippen LogP contribution in [0.5, 0.6) is 0 Å². The molecule has 1 heterocycles. The Kier molecular flexibility index (Phi) is 2.72. The Bertz CT molecular complexity index is 703. The fraction of sp³-hybridized carbons (Fsp3) is 0.0714. The van der Waals surface area contributed by atoms with Crippen LogP contribution in [0.2, 0.25) is 0 Å². The van der Waals surface area contributed by atoms with E-state index in [4.69, 9.17) is 5.73 Å². The lowest BCUT2D eigenvalue weighted by Gasteiger charge is -2.10. The maximum atomic E-state index is 6.05. The smallest absolute Gasteiger partial charge is 0.205 e. The fourth-order valence-electron chi connectivity index (χ4n) is 2.11. The van der Waals surface area contributed by atoms with E-state index in [2.05, 4.69) is 23.4 Å². The molecule has 0 aliphatic rings. The average Bonchev–Trinajstić information content (AvgIpc) is 2.74. The molecule has 3 aromatic rings. The number of anilines is 1. The number of nitrogens with zero attached hydrogens (tertiary/aromatic N) is 2. The van der Waals surface area contributed by atoms with Gasteiger partial charge in [0.15, 0.2) is 0 Å². The first-order valence-electron chi connectivity index (χ1n) is 5.67. The third kappa shape index (κ3) is 1.66. The Morgan fingerprint density at radius 2 is 1.78 bits per heavy atom. The average molecular weight is 255 g/mol. The zero-order valence-corrected chi connectivity index (χ0v) is 10.8. The van der Waals surface area contributed by atoms with Gasteiger partial charge in [-0.05, 0) is 30.5 Å². The van der Waals surface area contributed by atoms with Gasteiger partial charge >= 0.3 is 0 Å². The molecule has 1 aromatic heterocycles. The summed E-state index contributed by atoms with van der Waals surface area (Å²) in [6, 6.07) is 16.2. The molecule has 0 saturated heterocycles. The molecule has 0 atom stereocenters. The van der Waals surface area contributed by atoms with Crippen molar-refractivity contribution >= 4 is 28.7 Å². The van der Waals surface area contributed by atoms with Crippen LogP contribution >= 0.6 is 11.8 Å². The Morgan fingerprint density at radius 3 is 2.61 bits per heavy atom. The minimum Gasteiger partial charge on any atom is -0.369 e. The number of thioether (sulfide) groups is 1. The topological polar surface area (TPSA) is 43.8 Å². The fourth-order valence-corrected chi connectivity index (χ4v) is 2.70. The van der Waals surface area contributed by atoms with Crippen molar-refractivity contribution in [3.05, 3.63) is 48.5 Å². The van der Waals surface area contributed by atoms with E-state index in [1.54, 1.807) is 11.8 Å². The molecule has 0 fully saturated rings. The molecule has 0 amide bonds. The summed E-state index contributed by atoms with van der Waals surface area (Å²) in [4.78, 5) is 5.58. The van der Waals surface area contributed by atoms with Gasteiger partial charge in [0.25, 0.3) is 0 Å². The molecule has 3 rings (SSSR count). The molecule has 2 N–H and O–H groups in total. The SMILES string of the molecule is CSc1ccccc1-n1c(N)nc2ccccc21. The van der Waals surface area contributed by atoms with Gasteiger partial charge in [-0.15, -0.1) is 11.8 Å². The van der Waals surface area contributed by atoms with E-state index < -0.39 is 0 Å². The van der Waals surface area contributed by atoms with Crippen LogP contribution in [0.15, 0.2) is 53.4 Å². The molecule has 4 heteroatoms. The second kappa shape index (κ2) is 4.38. The molecule has 0 aliphatic heterocycles. The van der Waals surface area contributed by atoms with Crippen LogP contribution in [0.25, 0.3) is 16.7 Å². The van der Waals surface area contributed by atoms with Crippen LogP contribution in [-0.4, -0.2) is 15.8 Å². The molecule has 0 spiro atoms. The standard InChI is InChI=1S/C14H13N3S/c1-18-13-9-5-4-8-12(13)17-11-7-3-2-6-10(11)16-14(17)15/h2-9H,1H3,(H2,15,16). The van der Waals surface area contributed by atoms with E-state index >= 15 is 0 Å². The molecular formula is C14H13N3S. The van der Waals surface area contributed by atoms with Crippen molar-refractivity contribution in [2.24, 2.45) is 0 Å². The van der Waals surface area contributed by atoms with Crippen molar-refractivity contribution in [2.75, 3.05) is 12.0 Å². The van der Waals surface area contributed by atoms with Gasteiger partial charge in [-0.25, -0.2) is 4.98 Å². The summed E-state index contributed by atoms with van der Waals surface area (Å²) in [5.74, 6) is 0.526. The van der Waals surface area contributed by atoms with Gasteiger partial charge in [0.2, 0.25) is 5.95 Å². The molecule has 0 unspecified atom stereocenters. The minimum absolute atomic E-state index is 0.526. The first-order valence-corrected chi connectivity index (χ1v) is 6.90. The van der Waals surface area contributed by atoms with Crippen molar-refractivity contribution in [2.45, 2.75) is 4.90 Å². The van der Waals surface area contributed by atoms with E-state index in [1.807, 2.05) is 41.0 Å². The summed E-state index contributed by atoms with van der Waals surface area (Å²) in [5.41, 5.74) is 9.09. The summed E-state index contributed by atoms with van der Waals surface area (Å²) < 4.78 is 2.00. The Labute approximate surface area is 110 Å². The Balaban J connectivity index is 2.34. The van der Waals surface area contributed by atoms with Crippen LogP contribution in [0.1, 0.15) is 0 Å². The van der Waals surface area contributed by atoms with E-state index in [0.717, 1.165) is 16.7 Å². The van der Waals surface area contributed by atoms with Crippen molar-refractivity contribution in [1.82, 2.24) is 9.55 Å². The minimum atomic E-state index is 0.526. The van der Waals surface area contributed by atoms with Crippen LogP contribution in [0.3, 0.4) is 0 Å². The summed E-state index contributed by atoms with van der Waals surface area (Å²) in [7, 11) is 0.